The first-order chi connectivity index (χ1) is 13.8. The highest BCUT2D eigenvalue weighted by Gasteiger charge is 2.21. The van der Waals surface area contributed by atoms with E-state index in [2.05, 4.69) is 10.3 Å². The molecule has 1 N–H and O–H groups in total. The first-order valence-corrected chi connectivity index (χ1v) is 10.2. The second kappa shape index (κ2) is 9.09. The highest BCUT2D eigenvalue weighted by atomic mass is 32.1. The third kappa shape index (κ3) is 6.32. The van der Waals surface area contributed by atoms with Crippen molar-refractivity contribution in [2.75, 3.05) is 18.4 Å². The fraction of sp³-hybridized carbons (Fsp3) is 0.381. The van der Waals surface area contributed by atoms with E-state index in [9.17, 15) is 9.59 Å². The van der Waals surface area contributed by atoms with Crippen LogP contribution in [-0.4, -0.2) is 40.8 Å². The van der Waals surface area contributed by atoms with Gasteiger partial charge in [-0.15, -0.1) is 0 Å². The van der Waals surface area contributed by atoms with Crippen molar-refractivity contribution >= 4 is 34.1 Å². The third-order valence-corrected chi connectivity index (χ3v) is 5.07. The molecule has 2 amide bonds. The molecule has 0 bridgehead atoms. The van der Waals surface area contributed by atoms with Crippen LogP contribution in [-0.2, 0) is 16.1 Å². The SMILES string of the molecule is CC(C)(C)OC(=O)Nc1cnc(C2=CCN(C(=O)OCc3ccccc3)CC2)s1. The van der Waals surface area contributed by atoms with Gasteiger partial charge in [-0.3, -0.25) is 5.32 Å². The van der Waals surface area contributed by atoms with E-state index in [4.69, 9.17) is 9.47 Å². The Bertz CT molecular complexity index is 887. The Labute approximate surface area is 174 Å². The second-order valence-electron chi connectivity index (χ2n) is 7.62. The zero-order valence-corrected chi connectivity index (χ0v) is 17.6. The minimum absolute atomic E-state index is 0.263. The molecule has 0 unspecified atom stereocenters. The molecule has 0 saturated carbocycles. The first-order valence-electron chi connectivity index (χ1n) is 9.41. The standard InChI is InChI=1S/C21H25N3O4S/c1-21(2,3)28-19(25)23-17-13-22-18(29-17)16-9-11-24(12-10-16)20(26)27-14-15-7-5-4-6-8-15/h4-9,13H,10-12,14H2,1-3H3,(H,23,25). The van der Waals surface area contributed by atoms with Crippen molar-refractivity contribution in [3.8, 4) is 0 Å². The van der Waals surface area contributed by atoms with Crippen LogP contribution in [0.25, 0.3) is 5.57 Å². The van der Waals surface area contributed by atoms with Gasteiger partial charge in [0, 0.05) is 13.1 Å². The van der Waals surface area contributed by atoms with Crippen LogP contribution in [0.3, 0.4) is 0 Å². The monoisotopic (exact) mass is 415 g/mol. The summed E-state index contributed by atoms with van der Waals surface area (Å²) < 4.78 is 10.6. The van der Waals surface area contributed by atoms with Gasteiger partial charge < -0.3 is 14.4 Å². The molecule has 0 saturated heterocycles. The Morgan fingerprint density at radius 2 is 2.00 bits per heavy atom. The Balaban J connectivity index is 1.51. The minimum atomic E-state index is -0.553. The maximum absolute atomic E-state index is 12.3. The number of thiazole rings is 1. The van der Waals surface area contributed by atoms with E-state index in [1.165, 1.54) is 11.3 Å². The van der Waals surface area contributed by atoms with E-state index >= 15 is 0 Å². The predicted octanol–water partition coefficient (Wildman–Crippen LogP) is 4.92. The average molecular weight is 416 g/mol. The number of hydrogen-bond donors (Lipinski definition) is 1. The van der Waals surface area contributed by atoms with E-state index in [1.807, 2.05) is 57.2 Å². The van der Waals surface area contributed by atoms with Gasteiger partial charge in [-0.05, 0) is 38.3 Å². The quantitative estimate of drug-likeness (QED) is 0.767. The number of nitrogens with zero attached hydrogens (tertiary/aromatic N) is 2. The normalized spacial score (nSPS) is 14.2. The number of ether oxygens (including phenoxy) is 2. The molecule has 8 heteroatoms. The van der Waals surface area contributed by atoms with Crippen LogP contribution in [0.2, 0.25) is 0 Å². The van der Waals surface area contributed by atoms with Gasteiger partial charge in [0.15, 0.2) is 0 Å². The molecular weight excluding hydrogens is 390 g/mol. The summed E-state index contributed by atoms with van der Waals surface area (Å²) in [4.78, 5) is 30.2. The fourth-order valence-corrected chi connectivity index (χ4v) is 3.59. The maximum Gasteiger partial charge on any atom is 0.412 e. The molecule has 0 atom stereocenters. The van der Waals surface area contributed by atoms with Crippen molar-refractivity contribution in [3.63, 3.8) is 0 Å². The number of nitrogens with one attached hydrogen (secondary N) is 1. The zero-order valence-electron chi connectivity index (χ0n) is 16.8. The van der Waals surface area contributed by atoms with Gasteiger partial charge in [0.1, 0.15) is 22.2 Å². The van der Waals surface area contributed by atoms with Crippen molar-refractivity contribution in [1.82, 2.24) is 9.88 Å². The van der Waals surface area contributed by atoms with Crippen LogP contribution in [0.4, 0.5) is 14.6 Å². The van der Waals surface area contributed by atoms with Gasteiger partial charge in [0.25, 0.3) is 0 Å². The molecule has 1 aromatic carbocycles. The molecule has 0 radical (unpaired) electrons. The van der Waals surface area contributed by atoms with E-state index in [-0.39, 0.29) is 12.7 Å². The predicted molar refractivity (Wildman–Crippen MR) is 113 cm³/mol. The van der Waals surface area contributed by atoms with Crippen LogP contribution >= 0.6 is 11.3 Å². The Hall–Kier alpha value is -2.87. The molecule has 29 heavy (non-hydrogen) atoms. The number of aromatic nitrogens is 1. The van der Waals surface area contributed by atoms with Crippen molar-refractivity contribution < 1.29 is 19.1 Å². The van der Waals surface area contributed by atoms with E-state index in [1.54, 1.807) is 11.1 Å². The number of anilines is 1. The fourth-order valence-electron chi connectivity index (χ4n) is 2.72. The van der Waals surface area contributed by atoms with E-state index < -0.39 is 11.7 Å². The molecular formula is C21H25N3O4S. The van der Waals surface area contributed by atoms with Gasteiger partial charge in [-0.1, -0.05) is 47.7 Å². The summed E-state index contributed by atoms with van der Waals surface area (Å²) in [5.74, 6) is 0. The highest BCUT2D eigenvalue weighted by molar-refractivity contribution is 7.16. The van der Waals surface area contributed by atoms with E-state index in [0.717, 1.165) is 16.1 Å². The van der Waals surface area contributed by atoms with Crippen molar-refractivity contribution in [3.05, 3.63) is 53.2 Å². The molecule has 7 nitrogen and oxygen atoms in total. The number of hydrogen-bond acceptors (Lipinski definition) is 6. The Morgan fingerprint density at radius 1 is 1.24 bits per heavy atom. The summed E-state index contributed by atoms with van der Waals surface area (Å²) >= 11 is 1.38. The summed E-state index contributed by atoms with van der Waals surface area (Å²) in [6, 6.07) is 9.60. The molecule has 0 aliphatic carbocycles. The largest absolute Gasteiger partial charge is 0.445 e. The molecule has 0 spiro atoms. The number of rotatable bonds is 4. The average Bonchev–Trinajstić information content (AvgIpc) is 3.14. The Kier molecular flexibility index (Phi) is 6.53. The third-order valence-electron chi connectivity index (χ3n) is 4.08. The van der Waals surface area contributed by atoms with Crippen LogP contribution in [0.1, 0.15) is 37.8 Å². The lowest BCUT2D eigenvalue weighted by Crippen LogP contribution is -2.35. The summed E-state index contributed by atoms with van der Waals surface area (Å²) in [5.41, 5.74) is 1.46. The smallest absolute Gasteiger partial charge is 0.412 e. The van der Waals surface area contributed by atoms with Crippen LogP contribution < -0.4 is 5.32 Å². The molecule has 2 aromatic rings. The maximum atomic E-state index is 12.3. The van der Waals surface area contributed by atoms with Gasteiger partial charge in [0.2, 0.25) is 0 Å². The molecule has 1 aromatic heterocycles. The highest BCUT2D eigenvalue weighted by Crippen LogP contribution is 2.29. The number of carbonyl (C=O) groups excluding carboxylic acids is 2. The summed E-state index contributed by atoms with van der Waals surface area (Å²) in [7, 11) is 0. The van der Waals surface area contributed by atoms with Crippen molar-refractivity contribution in [2.45, 2.75) is 39.4 Å². The summed E-state index contributed by atoms with van der Waals surface area (Å²) in [6.45, 7) is 6.74. The lowest BCUT2D eigenvalue weighted by atomic mass is 10.1. The topological polar surface area (TPSA) is 80.8 Å². The van der Waals surface area contributed by atoms with Gasteiger partial charge >= 0.3 is 12.2 Å². The molecule has 154 valence electrons. The molecule has 0 fully saturated rings. The number of benzene rings is 1. The summed E-state index contributed by atoms with van der Waals surface area (Å²) in [5, 5.41) is 4.15. The lowest BCUT2D eigenvalue weighted by Gasteiger charge is -2.25. The van der Waals surface area contributed by atoms with Crippen molar-refractivity contribution in [1.29, 1.82) is 0 Å². The second-order valence-corrected chi connectivity index (χ2v) is 8.65. The van der Waals surface area contributed by atoms with E-state index in [0.29, 0.717) is 24.5 Å². The van der Waals surface area contributed by atoms with Crippen molar-refractivity contribution in [2.24, 2.45) is 0 Å². The number of amides is 2. The molecule has 1 aliphatic heterocycles. The molecule has 2 heterocycles. The number of carbonyl (C=O) groups is 2. The van der Waals surface area contributed by atoms with Crippen LogP contribution in [0.5, 0.6) is 0 Å². The van der Waals surface area contributed by atoms with Crippen LogP contribution in [0.15, 0.2) is 42.6 Å². The van der Waals surface area contributed by atoms with Gasteiger partial charge in [0.05, 0.1) is 6.20 Å². The Morgan fingerprint density at radius 3 is 2.66 bits per heavy atom. The summed E-state index contributed by atoms with van der Waals surface area (Å²) in [6.07, 6.45) is 3.45. The minimum Gasteiger partial charge on any atom is -0.445 e. The molecule has 3 rings (SSSR count). The van der Waals surface area contributed by atoms with Crippen LogP contribution in [0, 0.1) is 0 Å². The zero-order chi connectivity index (χ0) is 20.9. The van der Waals surface area contributed by atoms with Gasteiger partial charge in [-0.2, -0.15) is 0 Å². The molecule has 1 aliphatic rings. The lowest BCUT2D eigenvalue weighted by molar-refractivity contribution is 0.0636. The van der Waals surface area contributed by atoms with Gasteiger partial charge in [-0.25, -0.2) is 14.6 Å². The first kappa shape index (κ1) is 20.9.